The van der Waals surface area contributed by atoms with Crippen LogP contribution in [0.15, 0.2) is 242 Å². The van der Waals surface area contributed by atoms with Gasteiger partial charge in [0.15, 0.2) is 11.4 Å². The average Bonchev–Trinajstić information content (AvgIpc) is 1.56. The number of nitro groups is 2. The summed E-state index contributed by atoms with van der Waals surface area (Å²) in [6.45, 7) is 18.8. The van der Waals surface area contributed by atoms with Crippen LogP contribution in [-0.2, 0) is 34.5 Å². The Bertz CT molecular complexity index is 4590. The molecule has 0 spiro atoms. The molecule has 89 heavy (non-hydrogen) atoms. The second kappa shape index (κ2) is 20.5. The normalized spacial score (nSPS) is 20.2. The first-order chi connectivity index (χ1) is 42.6. The molecule has 4 heterocycles. The van der Waals surface area contributed by atoms with E-state index in [1.54, 1.807) is 24.3 Å². The quantitative estimate of drug-likeness (QED) is 0.0686. The third-order valence-corrected chi connectivity index (χ3v) is 20.3. The van der Waals surface area contributed by atoms with Gasteiger partial charge >= 0.3 is 5.66 Å². The fourth-order valence-electron chi connectivity index (χ4n) is 16.3. The summed E-state index contributed by atoms with van der Waals surface area (Å²) in [5, 5.41) is 33.2. The number of nitrogens with zero attached hydrogens (tertiary/aromatic N) is 6. The Labute approximate surface area is 520 Å². The molecule has 10 aromatic carbocycles. The minimum Gasteiger partial charge on any atom is -0.347 e. The molecule has 4 aliphatic rings. The van der Waals surface area contributed by atoms with Crippen molar-refractivity contribution >= 4 is 88.6 Å². The molecule has 2 unspecified atom stereocenters. The lowest BCUT2D eigenvalue weighted by molar-refractivity contribution is -0.752. The molecule has 4 aliphatic heterocycles. The molecular formula is C79H72N6O4+2. The molecule has 14 rings (SSSR count). The second-order valence-electron chi connectivity index (χ2n) is 26.7. The van der Waals surface area contributed by atoms with Gasteiger partial charge in [-0.25, -0.2) is 0 Å². The van der Waals surface area contributed by atoms with Gasteiger partial charge in [-0.15, -0.1) is 9.15 Å². The SMILES string of the molecule is CN1/C(=C/C=C/C2=[N+](C(C)(C)[N+]3=C(/C=C/C=C4/N(C)c5ccc6ccc([N+](=O)[O-])cc6c5C4(C)Cc4ccccc4)C(C)(C)c4c3ccc3ccccc43)c3ccc4ccccc4c3C2(C)C)C(C)(Cc2ccccc2)c2c1ccc1ccc([N+](=O)[O-])cc21. The van der Waals surface area contributed by atoms with Gasteiger partial charge in [0.25, 0.3) is 11.4 Å². The summed E-state index contributed by atoms with van der Waals surface area (Å²) >= 11 is 0. The molecule has 0 fully saturated rings. The van der Waals surface area contributed by atoms with Crippen molar-refractivity contribution in [1.82, 2.24) is 0 Å². The predicted molar refractivity (Wildman–Crippen MR) is 365 cm³/mol. The van der Waals surface area contributed by atoms with E-state index in [0.29, 0.717) is 12.8 Å². The molecule has 0 saturated heterocycles. The predicted octanol–water partition coefficient (Wildman–Crippen LogP) is 18.5. The van der Waals surface area contributed by atoms with Crippen LogP contribution in [0.2, 0.25) is 0 Å². The summed E-state index contributed by atoms with van der Waals surface area (Å²) in [7, 11) is 4.25. The Kier molecular flexibility index (Phi) is 13.1. The molecule has 0 amide bonds. The first kappa shape index (κ1) is 56.7. The summed E-state index contributed by atoms with van der Waals surface area (Å²) in [6.07, 6.45) is 15.1. The van der Waals surface area contributed by atoms with E-state index >= 15 is 0 Å². The van der Waals surface area contributed by atoms with E-state index < -0.39 is 27.3 Å². The van der Waals surface area contributed by atoms with Crippen molar-refractivity contribution in [2.24, 2.45) is 0 Å². The highest BCUT2D eigenvalue weighted by molar-refractivity contribution is 6.10. The van der Waals surface area contributed by atoms with Gasteiger partial charge in [0, 0.05) is 107 Å². The van der Waals surface area contributed by atoms with Gasteiger partial charge in [-0.2, -0.15) is 0 Å². The third-order valence-electron chi connectivity index (χ3n) is 20.3. The number of non-ortho nitro benzene ring substituents is 2. The lowest BCUT2D eigenvalue weighted by Gasteiger charge is -2.29. The summed E-state index contributed by atoms with van der Waals surface area (Å²) in [6, 6.07) is 66.8. The molecular weight excluding hydrogens is 1100 g/mol. The molecule has 2 atom stereocenters. The first-order valence-electron chi connectivity index (χ1n) is 30.8. The summed E-state index contributed by atoms with van der Waals surface area (Å²) in [5.74, 6) is 0. The van der Waals surface area contributed by atoms with Crippen molar-refractivity contribution in [1.29, 1.82) is 0 Å². The average molecular weight is 1170 g/mol. The smallest absolute Gasteiger partial charge is 0.347 e. The van der Waals surface area contributed by atoms with Gasteiger partial charge in [0.2, 0.25) is 11.4 Å². The summed E-state index contributed by atoms with van der Waals surface area (Å²) < 4.78 is 5.20. The van der Waals surface area contributed by atoms with Crippen LogP contribution in [0, 0.1) is 20.2 Å². The molecule has 0 aliphatic carbocycles. The maximum Gasteiger partial charge on any atom is 0.356 e. The van der Waals surface area contributed by atoms with Gasteiger partial charge in [-0.1, -0.05) is 133 Å². The minimum absolute atomic E-state index is 0.0763. The van der Waals surface area contributed by atoms with Gasteiger partial charge in [0.05, 0.1) is 34.5 Å². The van der Waals surface area contributed by atoms with E-state index in [0.717, 1.165) is 78.2 Å². The van der Waals surface area contributed by atoms with Crippen molar-refractivity contribution < 1.29 is 19.0 Å². The maximum absolute atomic E-state index is 12.4. The summed E-state index contributed by atoms with van der Waals surface area (Å²) in [5.41, 5.74) is 13.1. The highest BCUT2D eigenvalue weighted by Gasteiger charge is 2.60. The Morgan fingerprint density at radius 1 is 0.438 bits per heavy atom. The van der Waals surface area contributed by atoms with Gasteiger partial charge < -0.3 is 9.80 Å². The molecule has 0 bridgehead atoms. The van der Waals surface area contributed by atoms with Crippen molar-refractivity contribution in [3.63, 3.8) is 0 Å². The number of hydrogen-bond acceptors (Lipinski definition) is 6. The second-order valence-corrected chi connectivity index (χ2v) is 26.7. The number of fused-ring (bicyclic) bond motifs is 12. The number of benzene rings is 10. The largest absolute Gasteiger partial charge is 0.356 e. The zero-order chi connectivity index (χ0) is 62.1. The minimum atomic E-state index is -0.763. The third kappa shape index (κ3) is 8.65. The Morgan fingerprint density at radius 3 is 1.18 bits per heavy atom. The van der Waals surface area contributed by atoms with E-state index in [1.807, 2.05) is 24.3 Å². The van der Waals surface area contributed by atoms with Crippen LogP contribution in [0.4, 0.5) is 34.1 Å². The number of allylic oxidation sites excluding steroid dienone is 8. The van der Waals surface area contributed by atoms with Crippen LogP contribution >= 0.6 is 0 Å². The molecule has 10 nitrogen and oxygen atoms in total. The van der Waals surface area contributed by atoms with Crippen molar-refractivity contribution in [3.05, 3.63) is 296 Å². The van der Waals surface area contributed by atoms with Gasteiger partial charge in [-0.3, -0.25) is 20.2 Å². The number of hydrogen-bond donors (Lipinski definition) is 0. The van der Waals surface area contributed by atoms with E-state index in [-0.39, 0.29) is 21.2 Å². The highest BCUT2D eigenvalue weighted by atomic mass is 16.6. The van der Waals surface area contributed by atoms with E-state index in [9.17, 15) is 20.2 Å². The number of nitro benzene ring substituents is 2. The van der Waals surface area contributed by atoms with E-state index in [2.05, 4.69) is 270 Å². The molecule has 440 valence electrons. The van der Waals surface area contributed by atoms with E-state index in [4.69, 9.17) is 0 Å². The summed E-state index contributed by atoms with van der Waals surface area (Å²) in [4.78, 5) is 28.7. The van der Waals surface area contributed by atoms with Crippen LogP contribution in [0.5, 0.6) is 0 Å². The fourth-order valence-corrected chi connectivity index (χ4v) is 16.3. The highest BCUT2D eigenvalue weighted by Crippen LogP contribution is 2.56. The maximum atomic E-state index is 12.4. The molecule has 0 radical (unpaired) electrons. The zero-order valence-electron chi connectivity index (χ0n) is 52.2. The molecule has 10 aromatic rings. The topological polar surface area (TPSA) is 98.8 Å². The van der Waals surface area contributed by atoms with Crippen molar-refractivity contribution in [3.8, 4) is 0 Å². The van der Waals surface area contributed by atoms with Crippen LogP contribution in [0.25, 0.3) is 43.1 Å². The molecule has 0 aromatic heterocycles. The number of rotatable bonds is 12. The lowest BCUT2D eigenvalue weighted by atomic mass is 9.74. The zero-order valence-corrected chi connectivity index (χ0v) is 52.2. The van der Waals surface area contributed by atoms with Crippen LogP contribution in [0.3, 0.4) is 0 Å². The number of likely N-dealkylation sites (N-methyl/N-ethyl adjacent to an activating group) is 2. The van der Waals surface area contributed by atoms with Gasteiger partial charge in [-0.05, 0) is 168 Å². The molecule has 0 saturated carbocycles. The van der Waals surface area contributed by atoms with Gasteiger partial charge in [0.1, 0.15) is 0 Å². The standard InChI is InChI=1S/C79H72N6O4/c1-75(2)67(31-21-33-69-78(7,49-51-23-13-11-14-24-51)73-61-47-57(84(86)87)41-35-55(61)37-43-63(73)80(69)9)82(65-45-39-53-27-17-19-29-59(53)71(65)75)77(5,6)83-66-46-40-54-28-18-20-30-60(54)72(66)76(3,4)68(83)32-22-34-70-79(8,50-52-25-15-12-16-26-52)74-62-48-58(85(88)89)42-36-56(62)38-44-64(74)81(70)10/h11-48H,49-50H2,1-10H3/q+2. The van der Waals surface area contributed by atoms with Crippen LogP contribution < -0.4 is 9.80 Å². The molecule has 10 heteroatoms. The Balaban J connectivity index is 0.975. The molecule has 0 N–H and O–H groups in total. The Hall–Kier alpha value is -10.1. The lowest BCUT2D eigenvalue weighted by Crippen LogP contribution is -2.47. The number of anilines is 2. The van der Waals surface area contributed by atoms with Crippen LogP contribution in [0.1, 0.15) is 88.8 Å². The van der Waals surface area contributed by atoms with Crippen molar-refractivity contribution in [2.75, 3.05) is 23.9 Å². The monoisotopic (exact) mass is 1170 g/mol. The van der Waals surface area contributed by atoms with E-state index in [1.165, 1.54) is 43.8 Å². The fraction of sp³-hybridized carbons (Fsp3) is 0.215. The van der Waals surface area contributed by atoms with Crippen molar-refractivity contribution in [2.45, 2.75) is 95.6 Å². The van der Waals surface area contributed by atoms with Crippen LogP contribution in [-0.4, -0.2) is 50.2 Å². The first-order valence-corrected chi connectivity index (χ1v) is 30.8. The Morgan fingerprint density at radius 2 is 0.787 bits per heavy atom.